The van der Waals surface area contributed by atoms with Gasteiger partial charge in [-0.2, -0.15) is 0 Å². The molecule has 0 amide bonds. The van der Waals surface area contributed by atoms with E-state index in [1.165, 1.54) is 19.3 Å². The third-order valence-corrected chi connectivity index (χ3v) is 2.81. The molecular weight excluding hydrogens is 174 g/mol. The summed E-state index contributed by atoms with van der Waals surface area (Å²) in [6.45, 7) is 8.56. The van der Waals surface area contributed by atoms with Gasteiger partial charge in [0, 0.05) is 19.1 Å². The third-order valence-electron chi connectivity index (χ3n) is 2.81. The minimum atomic E-state index is 0.303. The van der Waals surface area contributed by atoms with Gasteiger partial charge < -0.3 is 10.6 Å². The van der Waals surface area contributed by atoms with Gasteiger partial charge in [0.05, 0.1) is 0 Å². The lowest BCUT2D eigenvalue weighted by Gasteiger charge is -2.33. The molecule has 0 saturated carbocycles. The zero-order valence-electron chi connectivity index (χ0n) is 9.66. The van der Waals surface area contributed by atoms with Crippen molar-refractivity contribution in [3.63, 3.8) is 0 Å². The molecule has 1 aliphatic rings. The maximum Gasteiger partial charge on any atom is 0.191 e. The van der Waals surface area contributed by atoms with Crippen LogP contribution in [0.5, 0.6) is 0 Å². The highest BCUT2D eigenvalue weighted by Gasteiger charge is 2.19. The topological polar surface area (TPSA) is 41.6 Å². The molecule has 1 unspecified atom stereocenters. The molecule has 0 aromatic carbocycles. The maximum absolute atomic E-state index is 5.94. The first kappa shape index (κ1) is 11.3. The van der Waals surface area contributed by atoms with Crippen LogP contribution in [-0.2, 0) is 0 Å². The van der Waals surface area contributed by atoms with Crippen molar-refractivity contribution in [2.75, 3.05) is 13.1 Å². The zero-order chi connectivity index (χ0) is 10.6. The number of nitrogens with zero attached hydrogens (tertiary/aromatic N) is 2. The monoisotopic (exact) mass is 197 g/mol. The Labute approximate surface area is 87.4 Å². The molecule has 82 valence electrons. The van der Waals surface area contributed by atoms with E-state index in [4.69, 9.17) is 5.73 Å². The summed E-state index contributed by atoms with van der Waals surface area (Å²) in [5.41, 5.74) is 5.94. The molecule has 3 nitrogen and oxygen atoms in total. The van der Waals surface area contributed by atoms with Crippen LogP contribution in [0, 0.1) is 5.92 Å². The Hall–Kier alpha value is -0.730. The quantitative estimate of drug-likeness (QED) is 0.542. The van der Waals surface area contributed by atoms with E-state index < -0.39 is 0 Å². The van der Waals surface area contributed by atoms with E-state index in [1.807, 2.05) is 0 Å². The molecule has 1 fully saturated rings. The second kappa shape index (κ2) is 5.23. The fraction of sp³-hybridized carbons (Fsp3) is 0.909. The molecule has 14 heavy (non-hydrogen) atoms. The van der Waals surface area contributed by atoms with E-state index in [9.17, 15) is 0 Å². The number of guanidine groups is 1. The van der Waals surface area contributed by atoms with Gasteiger partial charge in [0.15, 0.2) is 5.96 Å². The SMILES string of the molecule is CCC1CCCN(C(N)=NC(C)C)C1. The lowest BCUT2D eigenvalue weighted by molar-refractivity contribution is 0.250. The lowest BCUT2D eigenvalue weighted by Crippen LogP contribution is -2.44. The van der Waals surface area contributed by atoms with Gasteiger partial charge in [0.2, 0.25) is 0 Å². The predicted octanol–water partition coefficient (Wildman–Crippen LogP) is 1.83. The van der Waals surface area contributed by atoms with Gasteiger partial charge in [-0.25, -0.2) is 0 Å². The summed E-state index contributed by atoms with van der Waals surface area (Å²) in [6, 6.07) is 0.303. The van der Waals surface area contributed by atoms with Gasteiger partial charge in [-0.3, -0.25) is 4.99 Å². The van der Waals surface area contributed by atoms with E-state index in [-0.39, 0.29) is 0 Å². The van der Waals surface area contributed by atoms with E-state index >= 15 is 0 Å². The number of hydrogen-bond donors (Lipinski definition) is 1. The molecule has 1 aliphatic heterocycles. The Morgan fingerprint density at radius 2 is 2.29 bits per heavy atom. The van der Waals surface area contributed by atoms with Crippen LogP contribution in [-0.4, -0.2) is 30.0 Å². The summed E-state index contributed by atoms with van der Waals surface area (Å²) in [4.78, 5) is 6.62. The predicted molar refractivity (Wildman–Crippen MR) is 61.3 cm³/mol. The summed E-state index contributed by atoms with van der Waals surface area (Å²) in [6.07, 6.45) is 3.86. The molecule has 0 aliphatic carbocycles. The van der Waals surface area contributed by atoms with Gasteiger partial charge in [-0.15, -0.1) is 0 Å². The Kier molecular flexibility index (Phi) is 4.23. The second-order valence-electron chi connectivity index (χ2n) is 4.44. The number of hydrogen-bond acceptors (Lipinski definition) is 1. The minimum Gasteiger partial charge on any atom is -0.370 e. The summed E-state index contributed by atoms with van der Waals surface area (Å²) < 4.78 is 0. The largest absolute Gasteiger partial charge is 0.370 e. The molecule has 0 spiro atoms. The maximum atomic E-state index is 5.94. The highest BCUT2D eigenvalue weighted by molar-refractivity contribution is 5.78. The molecule has 1 saturated heterocycles. The highest BCUT2D eigenvalue weighted by Crippen LogP contribution is 2.18. The number of rotatable bonds is 2. The number of likely N-dealkylation sites (tertiary alicyclic amines) is 1. The van der Waals surface area contributed by atoms with Gasteiger partial charge >= 0.3 is 0 Å². The molecular formula is C11H23N3. The van der Waals surface area contributed by atoms with Gasteiger partial charge in [0.1, 0.15) is 0 Å². The number of piperidine rings is 1. The van der Waals surface area contributed by atoms with Gasteiger partial charge in [-0.05, 0) is 32.6 Å². The van der Waals surface area contributed by atoms with Crippen LogP contribution in [0.25, 0.3) is 0 Å². The summed E-state index contributed by atoms with van der Waals surface area (Å²) in [5.74, 6) is 1.54. The van der Waals surface area contributed by atoms with Crippen LogP contribution in [0.1, 0.15) is 40.0 Å². The van der Waals surface area contributed by atoms with Crippen molar-refractivity contribution in [2.45, 2.75) is 46.1 Å². The third kappa shape index (κ3) is 3.20. The lowest BCUT2D eigenvalue weighted by atomic mass is 9.96. The Bertz CT molecular complexity index is 199. The normalized spacial score (nSPS) is 24.4. The van der Waals surface area contributed by atoms with Crippen LogP contribution in [0.2, 0.25) is 0 Å². The standard InChI is InChI=1S/C11H23N3/c1-4-10-6-5-7-14(8-10)11(12)13-9(2)3/h9-10H,4-8H2,1-3H3,(H2,12,13). The van der Waals surface area contributed by atoms with Crippen LogP contribution in [0.4, 0.5) is 0 Å². The van der Waals surface area contributed by atoms with Crippen LogP contribution < -0.4 is 5.73 Å². The molecule has 1 rings (SSSR count). The minimum absolute atomic E-state index is 0.303. The molecule has 1 atom stereocenters. The van der Waals surface area contributed by atoms with E-state index in [2.05, 4.69) is 30.7 Å². The highest BCUT2D eigenvalue weighted by atomic mass is 15.3. The first-order valence-electron chi connectivity index (χ1n) is 5.71. The fourth-order valence-corrected chi connectivity index (χ4v) is 1.95. The van der Waals surface area contributed by atoms with E-state index in [0.29, 0.717) is 6.04 Å². The second-order valence-corrected chi connectivity index (χ2v) is 4.44. The molecule has 0 aromatic rings. The summed E-state index contributed by atoms with van der Waals surface area (Å²) >= 11 is 0. The van der Waals surface area contributed by atoms with E-state index in [0.717, 1.165) is 25.0 Å². The fourth-order valence-electron chi connectivity index (χ4n) is 1.95. The Morgan fingerprint density at radius 3 is 2.86 bits per heavy atom. The van der Waals surface area contributed by atoms with Crippen molar-refractivity contribution in [1.82, 2.24) is 4.90 Å². The average molecular weight is 197 g/mol. The van der Waals surface area contributed by atoms with Crippen LogP contribution in [0.3, 0.4) is 0 Å². The van der Waals surface area contributed by atoms with Crippen LogP contribution in [0.15, 0.2) is 4.99 Å². The van der Waals surface area contributed by atoms with Crippen molar-refractivity contribution in [2.24, 2.45) is 16.6 Å². The van der Waals surface area contributed by atoms with Gasteiger partial charge in [0.25, 0.3) is 0 Å². The zero-order valence-corrected chi connectivity index (χ0v) is 9.66. The van der Waals surface area contributed by atoms with E-state index in [1.54, 1.807) is 0 Å². The average Bonchev–Trinajstić information content (AvgIpc) is 2.17. The summed E-state index contributed by atoms with van der Waals surface area (Å²) in [7, 11) is 0. The molecule has 0 bridgehead atoms. The van der Waals surface area contributed by atoms with Crippen molar-refractivity contribution < 1.29 is 0 Å². The van der Waals surface area contributed by atoms with Crippen LogP contribution >= 0.6 is 0 Å². The number of nitrogens with two attached hydrogens (primary N) is 1. The number of aliphatic imine (C=N–C) groups is 1. The molecule has 0 radical (unpaired) electrons. The molecule has 1 heterocycles. The molecule has 3 heteroatoms. The van der Waals surface area contributed by atoms with Crippen molar-refractivity contribution in [3.05, 3.63) is 0 Å². The van der Waals surface area contributed by atoms with Crippen molar-refractivity contribution in [1.29, 1.82) is 0 Å². The Morgan fingerprint density at radius 1 is 1.57 bits per heavy atom. The molecule has 0 aromatic heterocycles. The molecule has 2 N–H and O–H groups in total. The Balaban J connectivity index is 2.51. The van der Waals surface area contributed by atoms with Crippen molar-refractivity contribution in [3.8, 4) is 0 Å². The smallest absolute Gasteiger partial charge is 0.191 e. The summed E-state index contributed by atoms with van der Waals surface area (Å²) in [5, 5.41) is 0. The van der Waals surface area contributed by atoms with Gasteiger partial charge in [-0.1, -0.05) is 13.3 Å². The first-order chi connectivity index (χ1) is 6.63. The first-order valence-corrected chi connectivity index (χ1v) is 5.71. The van der Waals surface area contributed by atoms with Crippen molar-refractivity contribution >= 4 is 5.96 Å².